The van der Waals surface area contributed by atoms with Gasteiger partial charge in [0.05, 0.1) is 19.1 Å². The molecule has 2 aliphatic rings. The van der Waals surface area contributed by atoms with E-state index in [1.807, 2.05) is 0 Å². The molecular formula is C26H29NO12S2. The van der Waals surface area contributed by atoms with Gasteiger partial charge < -0.3 is 33.2 Å². The van der Waals surface area contributed by atoms with Crippen molar-refractivity contribution in [2.24, 2.45) is 0 Å². The number of ether oxygens (including phenoxy) is 7. The number of nitrogens with zero attached hydrogens (tertiary/aromatic N) is 1. The maximum absolute atomic E-state index is 13.7. The highest BCUT2D eigenvalue weighted by molar-refractivity contribution is 8.26. The second-order valence-electron chi connectivity index (χ2n) is 8.75. The topological polar surface area (TPSA) is 153 Å². The molecule has 0 aromatic heterocycles. The van der Waals surface area contributed by atoms with Crippen LogP contribution in [0.5, 0.6) is 11.5 Å². The molecule has 0 spiro atoms. The normalized spacial score (nSPS) is 25.0. The number of hydrogen-bond donors (Lipinski definition) is 0. The van der Waals surface area contributed by atoms with Gasteiger partial charge in [-0.05, 0) is 24.3 Å². The first-order valence-corrected chi connectivity index (χ1v) is 13.4. The van der Waals surface area contributed by atoms with Crippen molar-refractivity contribution >= 4 is 64.2 Å². The fraction of sp³-hybridized carbons (Fsp3) is 0.462. The fourth-order valence-corrected chi connectivity index (χ4v) is 5.51. The van der Waals surface area contributed by atoms with E-state index in [2.05, 4.69) is 0 Å². The molecule has 0 N–H and O–H groups in total. The van der Waals surface area contributed by atoms with Crippen LogP contribution in [-0.2, 0) is 47.7 Å². The van der Waals surface area contributed by atoms with Crippen LogP contribution in [0.15, 0.2) is 23.1 Å². The molecule has 2 fully saturated rings. The minimum atomic E-state index is -1.48. The number of carbonyl (C=O) groups excluding carboxylic acids is 5. The van der Waals surface area contributed by atoms with Crippen molar-refractivity contribution in [3.8, 4) is 11.5 Å². The van der Waals surface area contributed by atoms with E-state index in [0.29, 0.717) is 17.1 Å². The third kappa shape index (κ3) is 7.74. The molecule has 15 heteroatoms. The van der Waals surface area contributed by atoms with E-state index in [-0.39, 0.29) is 9.23 Å². The zero-order valence-electron chi connectivity index (χ0n) is 23.1. The van der Waals surface area contributed by atoms with Gasteiger partial charge in [-0.3, -0.25) is 28.9 Å². The van der Waals surface area contributed by atoms with E-state index in [1.165, 1.54) is 14.2 Å². The van der Waals surface area contributed by atoms with Crippen LogP contribution < -0.4 is 9.47 Å². The van der Waals surface area contributed by atoms with Gasteiger partial charge >= 0.3 is 23.9 Å². The van der Waals surface area contributed by atoms with Gasteiger partial charge in [0.25, 0.3) is 5.91 Å². The van der Waals surface area contributed by atoms with Crippen molar-refractivity contribution in [1.29, 1.82) is 0 Å². The number of amides is 1. The molecule has 41 heavy (non-hydrogen) atoms. The molecule has 0 radical (unpaired) electrons. The molecule has 0 unspecified atom stereocenters. The van der Waals surface area contributed by atoms with E-state index in [1.54, 1.807) is 24.3 Å². The molecule has 2 saturated heterocycles. The van der Waals surface area contributed by atoms with Gasteiger partial charge in [-0.2, -0.15) is 0 Å². The van der Waals surface area contributed by atoms with Gasteiger partial charge in [-0.15, -0.1) is 0 Å². The van der Waals surface area contributed by atoms with Crippen molar-refractivity contribution in [3.63, 3.8) is 0 Å². The van der Waals surface area contributed by atoms with Crippen LogP contribution in [0.3, 0.4) is 0 Å². The summed E-state index contributed by atoms with van der Waals surface area (Å²) < 4.78 is 38.2. The Balaban J connectivity index is 2.08. The molecule has 3 rings (SSSR count). The first kappa shape index (κ1) is 31.8. The van der Waals surface area contributed by atoms with Crippen LogP contribution in [0.4, 0.5) is 0 Å². The Bertz CT molecular complexity index is 1260. The van der Waals surface area contributed by atoms with Crippen LogP contribution in [0, 0.1) is 0 Å². The molecular weight excluding hydrogens is 582 g/mol. The third-order valence-corrected chi connectivity index (χ3v) is 7.10. The Morgan fingerprint density at radius 1 is 0.927 bits per heavy atom. The Hall–Kier alpha value is -3.69. The minimum absolute atomic E-state index is 0.0315. The van der Waals surface area contributed by atoms with Crippen LogP contribution in [0.25, 0.3) is 6.08 Å². The standard InChI is InChI=1S/C26H29NO12S2/c1-12(28)35-11-19-21(36-13(2)29)22(37-14(3)30)23(38-15(4)31)25(39-19)27-24(32)20(41-26(27)40)10-16-9-17(33-5)7-8-18(16)34-6/h7-10,19,21-23,25H,11H2,1-6H3/b20-10-/t19-,21-,22-,23-,25+/m0/s1. The highest BCUT2D eigenvalue weighted by Crippen LogP contribution is 2.40. The summed E-state index contributed by atoms with van der Waals surface area (Å²) in [5, 5.41) is 0. The van der Waals surface area contributed by atoms with Crippen molar-refractivity contribution < 1.29 is 57.1 Å². The lowest BCUT2D eigenvalue weighted by Crippen LogP contribution is -2.66. The maximum Gasteiger partial charge on any atom is 0.303 e. The Morgan fingerprint density at radius 2 is 1.54 bits per heavy atom. The molecule has 1 amide bonds. The first-order chi connectivity index (χ1) is 19.4. The second kappa shape index (κ2) is 13.8. The van der Waals surface area contributed by atoms with Gasteiger partial charge in [0.2, 0.25) is 0 Å². The molecule has 0 saturated carbocycles. The van der Waals surface area contributed by atoms with Crippen molar-refractivity contribution in [2.75, 3.05) is 20.8 Å². The summed E-state index contributed by atoms with van der Waals surface area (Å²) in [7, 11) is 2.97. The average molecular weight is 612 g/mol. The zero-order valence-corrected chi connectivity index (χ0v) is 24.7. The summed E-state index contributed by atoms with van der Waals surface area (Å²) in [6.45, 7) is 4.03. The predicted molar refractivity (Wildman–Crippen MR) is 147 cm³/mol. The second-order valence-corrected chi connectivity index (χ2v) is 10.4. The average Bonchev–Trinajstić information content (AvgIpc) is 3.16. The molecule has 5 atom stereocenters. The van der Waals surface area contributed by atoms with Crippen molar-refractivity contribution in [1.82, 2.24) is 4.90 Å². The summed E-state index contributed by atoms with van der Waals surface area (Å²) >= 11 is 6.45. The monoisotopic (exact) mass is 611 g/mol. The SMILES string of the molecule is COc1ccc(OC)c(/C=C2\SC(=S)N([C@@H]3O[C@@H](COC(C)=O)[C@H](OC(C)=O)[C@H](OC(C)=O)[C@@H]3OC(C)=O)C2=O)c1. The Kier molecular flexibility index (Phi) is 10.7. The predicted octanol–water partition coefficient (Wildman–Crippen LogP) is 1.99. The van der Waals surface area contributed by atoms with Gasteiger partial charge in [-0.1, -0.05) is 24.0 Å². The summed E-state index contributed by atoms with van der Waals surface area (Å²) in [6, 6.07) is 5.03. The molecule has 1 aromatic rings. The lowest BCUT2D eigenvalue weighted by molar-refractivity contribution is -0.268. The summed E-state index contributed by atoms with van der Waals surface area (Å²) in [5.41, 5.74) is 0.522. The Labute approximate surface area is 245 Å². The van der Waals surface area contributed by atoms with E-state index in [9.17, 15) is 24.0 Å². The lowest BCUT2D eigenvalue weighted by atomic mass is 9.96. The first-order valence-electron chi connectivity index (χ1n) is 12.2. The number of methoxy groups -OCH3 is 2. The van der Waals surface area contributed by atoms with Crippen LogP contribution in [0.1, 0.15) is 33.3 Å². The van der Waals surface area contributed by atoms with Crippen LogP contribution in [0.2, 0.25) is 0 Å². The largest absolute Gasteiger partial charge is 0.497 e. The number of esters is 4. The highest BCUT2D eigenvalue weighted by Gasteiger charge is 2.56. The zero-order chi connectivity index (χ0) is 30.4. The number of rotatable bonds is 9. The van der Waals surface area contributed by atoms with Crippen LogP contribution in [-0.4, -0.2) is 90.5 Å². The molecule has 0 aliphatic carbocycles. The number of benzene rings is 1. The van der Waals surface area contributed by atoms with E-state index in [0.717, 1.165) is 44.4 Å². The summed E-state index contributed by atoms with van der Waals surface area (Å²) in [4.78, 5) is 62.8. The van der Waals surface area contributed by atoms with Crippen molar-refractivity contribution in [3.05, 3.63) is 28.7 Å². The molecule has 222 valence electrons. The van der Waals surface area contributed by atoms with Crippen LogP contribution >= 0.6 is 24.0 Å². The summed E-state index contributed by atoms with van der Waals surface area (Å²) in [6.07, 6.45) is -5.45. The number of thiocarbonyl (C=S) groups is 1. The smallest absolute Gasteiger partial charge is 0.303 e. The highest BCUT2D eigenvalue weighted by atomic mass is 32.2. The van der Waals surface area contributed by atoms with Gasteiger partial charge in [0, 0.05) is 33.3 Å². The molecule has 1 aromatic carbocycles. The molecule has 2 aliphatic heterocycles. The van der Waals surface area contributed by atoms with Gasteiger partial charge in [-0.25, -0.2) is 0 Å². The number of hydrogen-bond acceptors (Lipinski definition) is 14. The van der Waals surface area contributed by atoms with E-state index < -0.39 is 67.0 Å². The van der Waals surface area contributed by atoms with Gasteiger partial charge in [0.1, 0.15) is 24.2 Å². The number of thioether (sulfide) groups is 1. The molecule has 2 heterocycles. The quantitative estimate of drug-likeness (QED) is 0.173. The fourth-order valence-electron chi connectivity index (χ4n) is 4.21. The van der Waals surface area contributed by atoms with E-state index >= 15 is 0 Å². The minimum Gasteiger partial charge on any atom is -0.497 e. The lowest BCUT2D eigenvalue weighted by Gasteiger charge is -2.46. The Morgan fingerprint density at radius 3 is 2.10 bits per heavy atom. The summed E-state index contributed by atoms with van der Waals surface area (Å²) in [5.74, 6) is -2.68. The van der Waals surface area contributed by atoms with Gasteiger partial charge in [0.15, 0.2) is 28.9 Å². The molecule has 13 nitrogen and oxygen atoms in total. The molecule has 0 bridgehead atoms. The number of carbonyl (C=O) groups is 5. The maximum atomic E-state index is 13.7. The third-order valence-electron chi connectivity index (χ3n) is 5.77. The van der Waals surface area contributed by atoms with Crippen molar-refractivity contribution in [2.45, 2.75) is 58.3 Å². The van der Waals surface area contributed by atoms with E-state index in [4.69, 9.17) is 45.4 Å².